The second-order valence-electron chi connectivity index (χ2n) is 4.22. The molecule has 0 saturated heterocycles. The molecule has 104 valence electrons. The molecule has 1 atom stereocenters. The van der Waals surface area contributed by atoms with Crippen molar-refractivity contribution in [3.8, 4) is 0 Å². The van der Waals surface area contributed by atoms with E-state index in [0.29, 0.717) is 11.6 Å². The van der Waals surface area contributed by atoms with Crippen LogP contribution in [-0.2, 0) is 16.1 Å². The normalized spacial score (nSPS) is 12.4. The number of hydrogen-bond donors (Lipinski definition) is 2. The van der Waals surface area contributed by atoms with Crippen LogP contribution in [0.15, 0.2) is 24.3 Å². The zero-order valence-corrected chi connectivity index (χ0v) is 11.3. The summed E-state index contributed by atoms with van der Waals surface area (Å²) in [4.78, 5) is 23.2. The first-order valence-electron chi connectivity index (χ1n) is 5.84. The molecule has 1 aromatic rings. The van der Waals surface area contributed by atoms with Gasteiger partial charge in [0.15, 0.2) is 0 Å². The van der Waals surface area contributed by atoms with Gasteiger partial charge in [0.2, 0.25) is 0 Å². The second kappa shape index (κ2) is 7.11. The van der Waals surface area contributed by atoms with Gasteiger partial charge < -0.3 is 10.2 Å². The number of nitrogens with zero attached hydrogens (tertiary/aromatic N) is 1. The minimum absolute atomic E-state index is 0.109. The van der Waals surface area contributed by atoms with Gasteiger partial charge in [-0.15, -0.1) is 0 Å². The third kappa shape index (κ3) is 4.89. The third-order valence-corrected chi connectivity index (χ3v) is 3.22. The molecule has 0 spiro atoms. The van der Waals surface area contributed by atoms with Gasteiger partial charge in [0.1, 0.15) is 6.04 Å². The van der Waals surface area contributed by atoms with Crippen LogP contribution in [0.4, 0.5) is 0 Å². The van der Waals surface area contributed by atoms with E-state index in [-0.39, 0.29) is 13.0 Å². The second-order valence-corrected chi connectivity index (χ2v) is 4.63. The minimum Gasteiger partial charge on any atom is -0.481 e. The van der Waals surface area contributed by atoms with Gasteiger partial charge in [0.05, 0.1) is 6.42 Å². The van der Waals surface area contributed by atoms with Gasteiger partial charge in [0.25, 0.3) is 0 Å². The van der Waals surface area contributed by atoms with E-state index in [0.717, 1.165) is 5.56 Å². The molecule has 1 aromatic carbocycles. The molecule has 1 rings (SSSR count). The highest BCUT2D eigenvalue weighted by molar-refractivity contribution is 6.31. The molecule has 0 aliphatic rings. The van der Waals surface area contributed by atoms with Gasteiger partial charge in [0, 0.05) is 18.1 Å². The summed E-state index contributed by atoms with van der Waals surface area (Å²) in [5.41, 5.74) is 0.780. The summed E-state index contributed by atoms with van der Waals surface area (Å²) in [7, 11) is 0. The molecule has 0 aliphatic heterocycles. The molecule has 6 heteroatoms. The molecule has 19 heavy (non-hydrogen) atoms. The molecule has 0 aliphatic carbocycles. The van der Waals surface area contributed by atoms with Crippen molar-refractivity contribution in [2.75, 3.05) is 6.54 Å². The Morgan fingerprint density at radius 2 is 1.95 bits per heavy atom. The molecule has 5 nitrogen and oxygen atoms in total. The van der Waals surface area contributed by atoms with E-state index in [1.165, 1.54) is 6.92 Å². The Kier molecular flexibility index (Phi) is 5.79. The van der Waals surface area contributed by atoms with Crippen LogP contribution < -0.4 is 0 Å². The molecule has 0 bridgehead atoms. The highest BCUT2D eigenvalue weighted by Gasteiger charge is 2.21. The predicted octanol–water partition coefficient (Wildman–Crippen LogP) is 2.09. The monoisotopic (exact) mass is 285 g/mol. The number of benzene rings is 1. The van der Waals surface area contributed by atoms with Gasteiger partial charge in [-0.3, -0.25) is 14.5 Å². The van der Waals surface area contributed by atoms with Crippen LogP contribution in [0, 0.1) is 0 Å². The lowest BCUT2D eigenvalue weighted by molar-refractivity contribution is -0.144. The van der Waals surface area contributed by atoms with Crippen LogP contribution in [-0.4, -0.2) is 39.6 Å². The quantitative estimate of drug-likeness (QED) is 0.802. The Bertz CT molecular complexity index is 464. The van der Waals surface area contributed by atoms with E-state index in [2.05, 4.69) is 0 Å². The number of hydrogen-bond acceptors (Lipinski definition) is 3. The van der Waals surface area contributed by atoms with Crippen LogP contribution in [0.3, 0.4) is 0 Å². The lowest BCUT2D eigenvalue weighted by atomic mass is 10.1. The Balaban J connectivity index is 2.81. The van der Waals surface area contributed by atoms with Gasteiger partial charge >= 0.3 is 11.9 Å². The van der Waals surface area contributed by atoms with Crippen molar-refractivity contribution in [1.29, 1.82) is 0 Å². The van der Waals surface area contributed by atoms with Gasteiger partial charge in [-0.05, 0) is 18.6 Å². The number of carboxylic acid groups (broad SMARTS) is 2. The van der Waals surface area contributed by atoms with E-state index < -0.39 is 18.0 Å². The van der Waals surface area contributed by atoms with Gasteiger partial charge in [-0.1, -0.05) is 29.8 Å². The maximum Gasteiger partial charge on any atom is 0.320 e. The predicted molar refractivity (Wildman–Crippen MR) is 71.2 cm³/mol. The average molecular weight is 286 g/mol. The first-order chi connectivity index (χ1) is 8.91. The highest BCUT2D eigenvalue weighted by atomic mass is 35.5. The SMILES string of the molecule is CC(C(=O)O)N(CCC(=O)O)Cc1ccccc1Cl. The number of carbonyl (C=O) groups is 2. The summed E-state index contributed by atoms with van der Waals surface area (Å²) >= 11 is 6.02. The van der Waals surface area contributed by atoms with Crippen LogP contribution in [0.5, 0.6) is 0 Å². The van der Waals surface area contributed by atoms with Crippen molar-refractivity contribution in [3.63, 3.8) is 0 Å². The largest absolute Gasteiger partial charge is 0.481 e. The fraction of sp³-hybridized carbons (Fsp3) is 0.385. The topological polar surface area (TPSA) is 77.8 Å². The Hall–Kier alpha value is -1.59. The van der Waals surface area contributed by atoms with Crippen molar-refractivity contribution in [1.82, 2.24) is 4.90 Å². The summed E-state index contributed by atoms with van der Waals surface area (Å²) < 4.78 is 0. The van der Waals surface area contributed by atoms with Gasteiger partial charge in [-0.2, -0.15) is 0 Å². The Morgan fingerprint density at radius 3 is 2.47 bits per heavy atom. The number of halogens is 1. The molecular weight excluding hydrogens is 270 g/mol. The molecule has 0 saturated carbocycles. The van der Waals surface area contributed by atoms with Crippen molar-refractivity contribution in [2.45, 2.75) is 25.9 Å². The standard InChI is InChI=1S/C13H16ClNO4/c1-9(13(18)19)15(7-6-12(16)17)8-10-4-2-3-5-11(10)14/h2-5,9H,6-8H2,1H3,(H,16,17)(H,18,19). The van der Waals surface area contributed by atoms with Crippen LogP contribution >= 0.6 is 11.6 Å². The number of carboxylic acids is 2. The minimum atomic E-state index is -0.988. The van der Waals surface area contributed by atoms with E-state index in [1.807, 2.05) is 6.07 Å². The summed E-state index contributed by atoms with van der Waals surface area (Å²) in [6, 6.07) is 6.34. The molecular formula is C13H16ClNO4. The van der Waals surface area contributed by atoms with Crippen molar-refractivity contribution in [2.24, 2.45) is 0 Å². The maximum atomic E-state index is 11.0. The Morgan fingerprint density at radius 1 is 1.32 bits per heavy atom. The lowest BCUT2D eigenvalue weighted by Gasteiger charge is -2.26. The number of aliphatic carboxylic acids is 2. The third-order valence-electron chi connectivity index (χ3n) is 2.85. The summed E-state index contributed by atoms with van der Waals surface area (Å²) in [5, 5.41) is 18.3. The molecule has 0 fully saturated rings. The fourth-order valence-electron chi connectivity index (χ4n) is 1.65. The molecule has 2 N–H and O–H groups in total. The first kappa shape index (κ1) is 15.5. The van der Waals surface area contributed by atoms with E-state index >= 15 is 0 Å². The zero-order chi connectivity index (χ0) is 14.4. The molecule has 0 heterocycles. The Labute approximate surface area is 116 Å². The van der Waals surface area contributed by atoms with E-state index in [4.69, 9.17) is 21.8 Å². The van der Waals surface area contributed by atoms with Crippen LogP contribution in [0.1, 0.15) is 18.9 Å². The summed E-state index contributed by atoms with van der Waals surface area (Å²) in [6.45, 7) is 2.00. The first-order valence-corrected chi connectivity index (χ1v) is 6.21. The molecule has 1 unspecified atom stereocenters. The molecule has 0 radical (unpaired) electrons. The maximum absolute atomic E-state index is 11.0. The highest BCUT2D eigenvalue weighted by Crippen LogP contribution is 2.18. The average Bonchev–Trinajstić information content (AvgIpc) is 2.35. The van der Waals surface area contributed by atoms with Crippen LogP contribution in [0.2, 0.25) is 5.02 Å². The van der Waals surface area contributed by atoms with Crippen molar-refractivity contribution < 1.29 is 19.8 Å². The number of rotatable bonds is 7. The van der Waals surface area contributed by atoms with Crippen molar-refractivity contribution in [3.05, 3.63) is 34.9 Å². The lowest BCUT2D eigenvalue weighted by Crippen LogP contribution is -2.39. The summed E-state index contributed by atoms with van der Waals surface area (Å²) in [5.74, 6) is -1.95. The van der Waals surface area contributed by atoms with E-state index in [1.54, 1.807) is 23.1 Å². The fourth-order valence-corrected chi connectivity index (χ4v) is 1.85. The van der Waals surface area contributed by atoms with Gasteiger partial charge in [-0.25, -0.2) is 0 Å². The smallest absolute Gasteiger partial charge is 0.320 e. The van der Waals surface area contributed by atoms with E-state index in [9.17, 15) is 9.59 Å². The molecule has 0 amide bonds. The summed E-state index contributed by atoms with van der Waals surface area (Å²) in [6.07, 6.45) is -0.109. The van der Waals surface area contributed by atoms with Crippen molar-refractivity contribution >= 4 is 23.5 Å². The molecule has 0 aromatic heterocycles. The zero-order valence-electron chi connectivity index (χ0n) is 10.5. The van der Waals surface area contributed by atoms with Crippen LogP contribution in [0.25, 0.3) is 0 Å².